The van der Waals surface area contributed by atoms with Gasteiger partial charge in [0.05, 0.1) is 18.8 Å². The lowest BCUT2D eigenvalue weighted by molar-refractivity contribution is -0.172. The highest BCUT2D eigenvalue weighted by Crippen LogP contribution is 2.20. The van der Waals surface area contributed by atoms with Gasteiger partial charge in [0.2, 0.25) is 0 Å². The first kappa shape index (κ1) is 10.8. The summed E-state index contributed by atoms with van der Waals surface area (Å²) in [7, 11) is 0. The minimum Gasteiger partial charge on any atom is -0.479 e. The van der Waals surface area contributed by atoms with E-state index in [1.807, 2.05) is 0 Å². The van der Waals surface area contributed by atoms with Crippen LogP contribution in [0.5, 0.6) is 0 Å². The summed E-state index contributed by atoms with van der Waals surface area (Å²) >= 11 is 0. The Morgan fingerprint density at radius 2 is 2.36 bits per heavy atom. The van der Waals surface area contributed by atoms with Crippen molar-refractivity contribution in [3.05, 3.63) is 10.4 Å². The van der Waals surface area contributed by atoms with E-state index in [4.69, 9.17) is 15.4 Å². The van der Waals surface area contributed by atoms with Gasteiger partial charge in [-0.05, 0) is 18.4 Å². The molecule has 0 aromatic rings. The molecular formula is C7H11N3O4. The Morgan fingerprint density at radius 1 is 1.64 bits per heavy atom. The lowest BCUT2D eigenvalue weighted by Crippen LogP contribution is -2.44. The van der Waals surface area contributed by atoms with E-state index in [1.54, 1.807) is 0 Å². The molecule has 0 aliphatic carbocycles. The van der Waals surface area contributed by atoms with Crippen molar-refractivity contribution in [1.82, 2.24) is 0 Å². The summed E-state index contributed by atoms with van der Waals surface area (Å²) < 4.78 is 5.05. The van der Waals surface area contributed by atoms with E-state index >= 15 is 0 Å². The van der Waals surface area contributed by atoms with E-state index in [0.29, 0.717) is 12.8 Å². The topological polar surface area (TPSA) is 116 Å². The summed E-state index contributed by atoms with van der Waals surface area (Å²) in [6.07, 6.45) is -1.74. The minimum atomic E-state index is -1.21. The first-order chi connectivity index (χ1) is 6.65. The van der Waals surface area contributed by atoms with Crippen LogP contribution in [0.25, 0.3) is 10.4 Å². The van der Waals surface area contributed by atoms with Crippen LogP contribution < -0.4 is 0 Å². The number of carbonyl (C=O) groups is 1. The van der Waals surface area contributed by atoms with Gasteiger partial charge in [-0.15, -0.1) is 0 Å². The molecule has 0 aromatic heterocycles. The van der Waals surface area contributed by atoms with Gasteiger partial charge in [-0.1, -0.05) is 5.11 Å². The molecule has 0 spiro atoms. The molecule has 0 radical (unpaired) electrons. The third-order valence-electron chi connectivity index (χ3n) is 2.06. The summed E-state index contributed by atoms with van der Waals surface area (Å²) in [5, 5.41) is 21.2. The van der Waals surface area contributed by atoms with Crippen molar-refractivity contribution < 1.29 is 19.7 Å². The number of aliphatic hydroxyl groups excluding tert-OH is 1. The lowest BCUT2D eigenvalue weighted by Gasteiger charge is -2.30. The Hall–Kier alpha value is -1.30. The summed E-state index contributed by atoms with van der Waals surface area (Å²) in [5.74, 6) is -1.19. The van der Waals surface area contributed by atoms with Gasteiger partial charge in [-0.2, -0.15) is 0 Å². The molecule has 14 heavy (non-hydrogen) atoms. The van der Waals surface area contributed by atoms with Crippen LogP contribution in [-0.4, -0.2) is 41.0 Å². The average Bonchev–Trinajstić information content (AvgIpc) is 2.16. The lowest BCUT2D eigenvalue weighted by atomic mass is 10.0. The summed E-state index contributed by atoms with van der Waals surface area (Å²) in [6, 6.07) is 0. The normalized spacial score (nSPS) is 31.9. The van der Waals surface area contributed by atoms with Crippen LogP contribution in [0.15, 0.2) is 5.11 Å². The average molecular weight is 201 g/mol. The van der Waals surface area contributed by atoms with E-state index in [9.17, 15) is 9.90 Å². The van der Waals surface area contributed by atoms with E-state index < -0.39 is 24.3 Å². The molecule has 1 aliphatic heterocycles. The third-order valence-corrected chi connectivity index (χ3v) is 2.06. The van der Waals surface area contributed by atoms with Gasteiger partial charge in [-0.25, -0.2) is 4.79 Å². The molecule has 3 atom stereocenters. The maximum absolute atomic E-state index is 10.6. The van der Waals surface area contributed by atoms with Crippen LogP contribution in [0.3, 0.4) is 0 Å². The zero-order valence-corrected chi connectivity index (χ0v) is 7.41. The molecule has 1 saturated heterocycles. The molecule has 0 amide bonds. The van der Waals surface area contributed by atoms with Gasteiger partial charge in [0, 0.05) is 4.91 Å². The minimum absolute atomic E-state index is 0.104. The maximum atomic E-state index is 10.6. The first-order valence-electron chi connectivity index (χ1n) is 4.22. The second kappa shape index (κ2) is 4.80. The van der Waals surface area contributed by atoms with Crippen LogP contribution in [0, 0.1) is 0 Å². The molecule has 7 heteroatoms. The fourth-order valence-electron chi connectivity index (χ4n) is 1.36. The number of aliphatic carboxylic acids is 1. The SMILES string of the molecule is [N-]=[N+]=NCC1CCC(O)C(C(=O)O)O1. The molecule has 7 nitrogen and oxygen atoms in total. The quantitative estimate of drug-likeness (QED) is 0.387. The van der Waals surface area contributed by atoms with E-state index in [-0.39, 0.29) is 6.54 Å². The highest BCUT2D eigenvalue weighted by atomic mass is 16.5. The zero-order chi connectivity index (χ0) is 10.6. The Bertz CT molecular complexity index is 264. The first-order valence-corrected chi connectivity index (χ1v) is 4.22. The number of rotatable bonds is 3. The van der Waals surface area contributed by atoms with E-state index in [1.165, 1.54) is 0 Å². The number of azide groups is 1. The number of aliphatic hydroxyl groups is 1. The Balaban J connectivity index is 2.52. The van der Waals surface area contributed by atoms with Gasteiger partial charge in [0.25, 0.3) is 0 Å². The monoisotopic (exact) mass is 201 g/mol. The molecule has 2 N–H and O–H groups in total. The van der Waals surface area contributed by atoms with Crippen LogP contribution in [0.2, 0.25) is 0 Å². The van der Waals surface area contributed by atoms with Crippen LogP contribution in [0.4, 0.5) is 0 Å². The van der Waals surface area contributed by atoms with Crippen LogP contribution in [0.1, 0.15) is 12.8 Å². The van der Waals surface area contributed by atoms with Crippen molar-refractivity contribution in [2.24, 2.45) is 5.11 Å². The largest absolute Gasteiger partial charge is 0.479 e. The highest BCUT2D eigenvalue weighted by Gasteiger charge is 2.34. The highest BCUT2D eigenvalue weighted by molar-refractivity contribution is 5.73. The number of carboxylic acids is 1. The predicted molar refractivity (Wildman–Crippen MR) is 45.6 cm³/mol. The number of carboxylic acid groups (broad SMARTS) is 1. The maximum Gasteiger partial charge on any atom is 0.335 e. The van der Waals surface area contributed by atoms with Crippen molar-refractivity contribution in [2.75, 3.05) is 6.54 Å². The molecule has 0 aromatic carbocycles. The standard InChI is InChI=1S/C7H11N3O4/c8-10-9-3-4-1-2-5(11)6(14-4)7(12)13/h4-6,11H,1-3H2,(H,12,13). The summed E-state index contributed by atoms with van der Waals surface area (Å²) in [6.45, 7) is 0.104. The molecule has 78 valence electrons. The van der Waals surface area contributed by atoms with Crippen LogP contribution in [-0.2, 0) is 9.53 Å². The molecule has 1 fully saturated rings. The number of hydrogen-bond acceptors (Lipinski definition) is 4. The van der Waals surface area contributed by atoms with Crippen molar-refractivity contribution >= 4 is 5.97 Å². The Labute approximate surface area is 79.9 Å². The Morgan fingerprint density at radius 3 is 2.93 bits per heavy atom. The Kier molecular flexibility index (Phi) is 3.70. The molecule has 0 saturated carbocycles. The van der Waals surface area contributed by atoms with Gasteiger partial charge >= 0.3 is 5.97 Å². The van der Waals surface area contributed by atoms with Crippen LogP contribution >= 0.6 is 0 Å². The van der Waals surface area contributed by atoms with Crippen molar-refractivity contribution in [3.8, 4) is 0 Å². The zero-order valence-electron chi connectivity index (χ0n) is 7.41. The van der Waals surface area contributed by atoms with Crippen molar-refractivity contribution in [2.45, 2.75) is 31.2 Å². The van der Waals surface area contributed by atoms with E-state index in [2.05, 4.69) is 10.0 Å². The fourth-order valence-corrected chi connectivity index (χ4v) is 1.36. The molecule has 0 bridgehead atoms. The van der Waals surface area contributed by atoms with Crippen molar-refractivity contribution in [1.29, 1.82) is 0 Å². The second-order valence-electron chi connectivity index (χ2n) is 3.08. The molecule has 3 unspecified atom stereocenters. The molecule has 1 heterocycles. The number of hydrogen-bond donors (Lipinski definition) is 2. The molecule has 1 aliphatic rings. The molecule has 1 rings (SSSR count). The van der Waals surface area contributed by atoms with E-state index in [0.717, 1.165) is 0 Å². The van der Waals surface area contributed by atoms with Gasteiger partial charge in [-0.3, -0.25) is 0 Å². The molecular weight excluding hydrogens is 190 g/mol. The van der Waals surface area contributed by atoms with Gasteiger partial charge < -0.3 is 14.9 Å². The smallest absolute Gasteiger partial charge is 0.335 e. The number of ether oxygens (including phenoxy) is 1. The van der Waals surface area contributed by atoms with Gasteiger partial charge in [0.1, 0.15) is 0 Å². The van der Waals surface area contributed by atoms with Gasteiger partial charge in [0.15, 0.2) is 6.10 Å². The second-order valence-corrected chi connectivity index (χ2v) is 3.08. The van der Waals surface area contributed by atoms with Crippen molar-refractivity contribution in [3.63, 3.8) is 0 Å². The summed E-state index contributed by atoms with van der Waals surface area (Å²) in [5.41, 5.74) is 8.06. The fraction of sp³-hybridized carbons (Fsp3) is 0.857. The number of nitrogens with zero attached hydrogens (tertiary/aromatic N) is 3. The summed E-state index contributed by atoms with van der Waals surface area (Å²) in [4.78, 5) is 13.1. The third kappa shape index (κ3) is 2.59. The predicted octanol–water partition coefficient (Wildman–Crippen LogP) is 0.290.